The highest BCUT2D eigenvalue weighted by Gasteiger charge is 2.13. The van der Waals surface area contributed by atoms with Crippen LogP contribution < -0.4 is 5.32 Å². The molecule has 25 heavy (non-hydrogen) atoms. The molecule has 122 valence electrons. The van der Waals surface area contributed by atoms with Crippen LogP contribution in [-0.4, -0.2) is 19.9 Å². The second-order valence-corrected chi connectivity index (χ2v) is 5.77. The molecule has 3 aromatic heterocycles. The summed E-state index contributed by atoms with van der Waals surface area (Å²) in [6, 6.07) is 17.8. The summed E-state index contributed by atoms with van der Waals surface area (Å²) in [7, 11) is 0. The summed E-state index contributed by atoms with van der Waals surface area (Å²) in [4.78, 5) is 17.9. The smallest absolute Gasteiger partial charge is 0.162 e. The molecule has 0 spiro atoms. The fourth-order valence-corrected chi connectivity index (χ4v) is 2.73. The third-order valence-corrected chi connectivity index (χ3v) is 4.03. The van der Waals surface area contributed by atoms with Crippen LogP contribution in [0.15, 0.2) is 73.2 Å². The maximum atomic E-state index is 4.76. The van der Waals surface area contributed by atoms with E-state index in [2.05, 4.69) is 22.2 Å². The number of aromatic nitrogens is 4. The SMILES string of the molecule is C[C@H](Nc1nc(-c2ccncc2)nc2ccccc12)c1ccccn1. The number of hydrogen-bond donors (Lipinski definition) is 1. The van der Waals surface area contributed by atoms with Crippen molar-refractivity contribution in [1.82, 2.24) is 19.9 Å². The molecule has 0 aliphatic rings. The first-order chi connectivity index (χ1) is 12.3. The van der Waals surface area contributed by atoms with Crippen LogP contribution in [0, 0.1) is 0 Å². The summed E-state index contributed by atoms with van der Waals surface area (Å²) in [5.74, 6) is 1.48. The number of pyridine rings is 2. The van der Waals surface area contributed by atoms with Crippen LogP contribution in [0.3, 0.4) is 0 Å². The van der Waals surface area contributed by atoms with Gasteiger partial charge in [-0.1, -0.05) is 18.2 Å². The average Bonchev–Trinajstić information content (AvgIpc) is 2.69. The molecule has 0 bridgehead atoms. The first kappa shape index (κ1) is 15.2. The van der Waals surface area contributed by atoms with E-state index in [1.807, 2.05) is 54.6 Å². The Kier molecular flexibility index (Phi) is 4.04. The van der Waals surface area contributed by atoms with E-state index in [1.165, 1.54) is 0 Å². The Hall–Kier alpha value is -3.34. The highest BCUT2D eigenvalue weighted by Crippen LogP contribution is 2.27. The highest BCUT2D eigenvalue weighted by molar-refractivity contribution is 5.90. The maximum Gasteiger partial charge on any atom is 0.162 e. The normalized spacial score (nSPS) is 12.0. The predicted octanol–water partition coefficient (Wildman–Crippen LogP) is 4.26. The van der Waals surface area contributed by atoms with Crippen molar-refractivity contribution < 1.29 is 0 Å². The minimum Gasteiger partial charge on any atom is -0.361 e. The van der Waals surface area contributed by atoms with Gasteiger partial charge in [-0.15, -0.1) is 0 Å². The lowest BCUT2D eigenvalue weighted by atomic mass is 10.1. The van der Waals surface area contributed by atoms with Crippen molar-refractivity contribution in [2.24, 2.45) is 0 Å². The predicted molar refractivity (Wildman–Crippen MR) is 99.0 cm³/mol. The first-order valence-corrected chi connectivity index (χ1v) is 8.16. The van der Waals surface area contributed by atoms with Gasteiger partial charge in [0.25, 0.3) is 0 Å². The molecule has 1 aromatic carbocycles. The van der Waals surface area contributed by atoms with Gasteiger partial charge >= 0.3 is 0 Å². The van der Waals surface area contributed by atoms with E-state index in [0.717, 1.165) is 28.0 Å². The molecule has 0 aliphatic heterocycles. The van der Waals surface area contributed by atoms with Gasteiger partial charge in [-0.3, -0.25) is 9.97 Å². The number of fused-ring (bicyclic) bond motifs is 1. The van der Waals surface area contributed by atoms with Crippen LogP contribution in [0.5, 0.6) is 0 Å². The molecule has 0 aliphatic carbocycles. The van der Waals surface area contributed by atoms with Crippen molar-refractivity contribution in [1.29, 1.82) is 0 Å². The van der Waals surface area contributed by atoms with E-state index in [0.29, 0.717) is 5.82 Å². The Morgan fingerprint density at radius 3 is 2.44 bits per heavy atom. The van der Waals surface area contributed by atoms with Crippen molar-refractivity contribution in [3.63, 3.8) is 0 Å². The van der Waals surface area contributed by atoms with Gasteiger partial charge in [-0.25, -0.2) is 9.97 Å². The number of nitrogens with zero attached hydrogens (tertiary/aromatic N) is 4. The molecule has 0 amide bonds. The fourth-order valence-electron chi connectivity index (χ4n) is 2.73. The van der Waals surface area contributed by atoms with E-state index in [-0.39, 0.29) is 6.04 Å². The van der Waals surface area contributed by atoms with E-state index in [9.17, 15) is 0 Å². The van der Waals surface area contributed by atoms with E-state index < -0.39 is 0 Å². The Balaban J connectivity index is 1.79. The number of rotatable bonds is 4. The Morgan fingerprint density at radius 1 is 0.840 bits per heavy atom. The molecule has 0 unspecified atom stereocenters. The molecule has 0 radical (unpaired) electrons. The van der Waals surface area contributed by atoms with Crippen LogP contribution in [0.2, 0.25) is 0 Å². The zero-order chi connectivity index (χ0) is 17.1. The number of nitrogens with one attached hydrogen (secondary N) is 1. The molecule has 0 saturated carbocycles. The second-order valence-electron chi connectivity index (χ2n) is 5.77. The van der Waals surface area contributed by atoms with E-state index in [1.54, 1.807) is 18.6 Å². The molecular formula is C20H17N5. The number of anilines is 1. The van der Waals surface area contributed by atoms with Crippen molar-refractivity contribution in [3.05, 3.63) is 78.9 Å². The van der Waals surface area contributed by atoms with Gasteiger partial charge in [0.05, 0.1) is 17.3 Å². The second kappa shape index (κ2) is 6.65. The molecule has 0 fully saturated rings. The lowest BCUT2D eigenvalue weighted by molar-refractivity contribution is 0.833. The minimum atomic E-state index is 0.0322. The number of benzene rings is 1. The van der Waals surface area contributed by atoms with Crippen molar-refractivity contribution in [2.45, 2.75) is 13.0 Å². The quantitative estimate of drug-likeness (QED) is 0.607. The van der Waals surface area contributed by atoms with Crippen LogP contribution in [0.1, 0.15) is 18.7 Å². The van der Waals surface area contributed by atoms with E-state index >= 15 is 0 Å². The minimum absolute atomic E-state index is 0.0322. The molecule has 3 heterocycles. The molecule has 1 N–H and O–H groups in total. The Bertz CT molecular complexity index is 987. The van der Waals surface area contributed by atoms with Gasteiger partial charge < -0.3 is 5.32 Å². The molecule has 1 atom stereocenters. The van der Waals surface area contributed by atoms with Gasteiger partial charge in [0, 0.05) is 29.5 Å². The maximum absolute atomic E-state index is 4.76. The van der Waals surface area contributed by atoms with Crippen molar-refractivity contribution in [2.75, 3.05) is 5.32 Å². The highest BCUT2D eigenvalue weighted by atomic mass is 15.1. The topological polar surface area (TPSA) is 63.6 Å². The molecular weight excluding hydrogens is 310 g/mol. The largest absolute Gasteiger partial charge is 0.361 e. The molecule has 4 rings (SSSR count). The van der Waals surface area contributed by atoms with Crippen LogP contribution in [0.4, 0.5) is 5.82 Å². The van der Waals surface area contributed by atoms with Gasteiger partial charge in [-0.2, -0.15) is 0 Å². The molecule has 4 aromatic rings. The summed E-state index contributed by atoms with van der Waals surface area (Å²) in [5.41, 5.74) is 2.81. The molecule has 5 heteroatoms. The zero-order valence-electron chi connectivity index (χ0n) is 13.8. The van der Waals surface area contributed by atoms with Crippen LogP contribution in [-0.2, 0) is 0 Å². The van der Waals surface area contributed by atoms with Crippen molar-refractivity contribution in [3.8, 4) is 11.4 Å². The van der Waals surface area contributed by atoms with E-state index in [4.69, 9.17) is 9.97 Å². The monoisotopic (exact) mass is 327 g/mol. The number of hydrogen-bond acceptors (Lipinski definition) is 5. The van der Waals surface area contributed by atoms with Crippen LogP contribution in [0.25, 0.3) is 22.3 Å². The lowest BCUT2D eigenvalue weighted by Crippen LogP contribution is -2.10. The third-order valence-electron chi connectivity index (χ3n) is 4.03. The van der Waals surface area contributed by atoms with Gasteiger partial charge in [0.2, 0.25) is 0 Å². The lowest BCUT2D eigenvalue weighted by Gasteiger charge is -2.16. The first-order valence-electron chi connectivity index (χ1n) is 8.16. The zero-order valence-corrected chi connectivity index (χ0v) is 13.8. The number of para-hydroxylation sites is 1. The van der Waals surface area contributed by atoms with Gasteiger partial charge in [0.15, 0.2) is 5.82 Å². The summed E-state index contributed by atoms with van der Waals surface area (Å²) in [5, 5.41) is 4.47. The summed E-state index contributed by atoms with van der Waals surface area (Å²) in [6.45, 7) is 2.07. The summed E-state index contributed by atoms with van der Waals surface area (Å²) in [6.07, 6.45) is 5.29. The van der Waals surface area contributed by atoms with Gasteiger partial charge in [-0.05, 0) is 43.3 Å². The molecule has 0 saturated heterocycles. The average molecular weight is 327 g/mol. The fraction of sp³-hybridized carbons (Fsp3) is 0.100. The summed E-state index contributed by atoms with van der Waals surface area (Å²) >= 11 is 0. The van der Waals surface area contributed by atoms with Gasteiger partial charge in [0.1, 0.15) is 5.82 Å². The third kappa shape index (κ3) is 3.17. The summed E-state index contributed by atoms with van der Waals surface area (Å²) < 4.78 is 0. The molecule has 5 nitrogen and oxygen atoms in total. The standard InChI is InChI=1S/C20H17N5/c1-14(17-7-4-5-11-22-17)23-20-16-6-2-3-8-18(16)24-19(25-20)15-9-12-21-13-10-15/h2-14H,1H3,(H,23,24,25)/t14-/m0/s1. The Morgan fingerprint density at radius 2 is 1.64 bits per heavy atom. The van der Waals surface area contributed by atoms with Crippen molar-refractivity contribution >= 4 is 16.7 Å². The Labute approximate surface area is 145 Å². The van der Waals surface area contributed by atoms with Crippen LogP contribution >= 0.6 is 0 Å².